The maximum absolute atomic E-state index is 15.1. The van der Waals surface area contributed by atoms with Gasteiger partial charge in [0, 0.05) is 12.0 Å². The third kappa shape index (κ3) is 3.84. The number of aliphatic hydroxyl groups is 1. The third-order valence-electron chi connectivity index (χ3n) is 4.69. The molecule has 4 atom stereocenters. The molecule has 1 saturated heterocycles. The molecule has 1 aromatic heterocycles. The van der Waals surface area contributed by atoms with Crippen molar-refractivity contribution in [1.29, 1.82) is 0 Å². The van der Waals surface area contributed by atoms with Crippen LogP contribution < -0.4 is 15.8 Å². The third-order valence-corrected chi connectivity index (χ3v) is 5.98. The van der Waals surface area contributed by atoms with E-state index >= 15 is 4.39 Å². The second kappa shape index (κ2) is 7.40. The number of ether oxygens (including phenoxy) is 1. The lowest BCUT2D eigenvalue weighted by Crippen LogP contribution is -2.37. The maximum Gasteiger partial charge on any atom is 0.530 e. The van der Waals surface area contributed by atoms with Gasteiger partial charge in [-0.2, -0.15) is 4.39 Å². The Morgan fingerprint density at radius 3 is 2.97 bits per heavy atom. The predicted molar refractivity (Wildman–Crippen MR) is 96.0 cm³/mol. The predicted octanol–water partition coefficient (Wildman–Crippen LogP) is 1.66. The zero-order valence-corrected chi connectivity index (χ0v) is 16.4. The Morgan fingerprint density at radius 1 is 1.43 bits per heavy atom. The molecule has 1 unspecified atom stereocenters. The summed E-state index contributed by atoms with van der Waals surface area (Å²) in [7, 11) is -4.18. The summed E-state index contributed by atoms with van der Waals surface area (Å²) in [5.74, 6) is -3.70. The number of benzene rings is 1. The lowest BCUT2D eigenvalue weighted by Gasteiger charge is -2.28. The van der Waals surface area contributed by atoms with E-state index in [1.165, 1.54) is 0 Å². The lowest BCUT2D eigenvalue weighted by atomic mass is 10.1. The van der Waals surface area contributed by atoms with Crippen LogP contribution in [-0.2, 0) is 25.0 Å². The molecule has 1 fully saturated rings. The highest BCUT2D eigenvalue weighted by atomic mass is 31.2. The molecule has 0 spiro atoms. The molecule has 10 nitrogen and oxygen atoms in total. The van der Waals surface area contributed by atoms with Crippen LogP contribution in [-0.4, -0.2) is 33.2 Å². The van der Waals surface area contributed by atoms with Crippen LogP contribution in [0.5, 0.6) is 5.75 Å². The molecule has 0 radical (unpaired) electrons. The topological polar surface area (TPSA) is 129 Å². The molecule has 2 N–H and O–H groups in total. The van der Waals surface area contributed by atoms with Crippen molar-refractivity contribution in [3.05, 3.63) is 62.2 Å². The van der Waals surface area contributed by atoms with Gasteiger partial charge in [-0.3, -0.25) is 23.4 Å². The molecule has 2 aromatic rings. The summed E-state index contributed by atoms with van der Waals surface area (Å²) in [6.07, 6.45) is -3.41. The van der Waals surface area contributed by atoms with E-state index in [0.717, 1.165) is 0 Å². The molecular weight excluding hydrogens is 429 g/mol. The monoisotopic (exact) mass is 446 g/mol. The van der Waals surface area contributed by atoms with Gasteiger partial charge >= 0.3 is 13.5 Å². The largest absolute Gasteiger partial charge is 0.530 e. The van der Waals surface area contributed by atoms with Crippen molar-refractivity contribution < 1.29 is 36.8 Å². The number of rotatable bonds is 4. The standard InChI is InChI=1S/C17H17F2N2O8P/c1-9-3-2-4-10-7-26-30(25,29-13(9)10)27-8-17(19)5-12(22)15(28-17)21-6-11(18)14(23)20-16(21)24/h2-4,6,12,15,22H,5,7-8H2,1H3,(H,20,23,24)/t12-,15-,17+,30?/m1/s1. The number of hydrogen-bond donors (Lipinski definition) is 2. The summed E-state index contributed by atoms with van der Waals surface area (Å²) < 4.78 is 62.4. The molecule has 1 aromatic carbocycles. The molecule has 162 valence electrons. The van der Waals surface area contributed by atoms with E-state index in [2.05, 4.69) is 0 Å². The lowest BCUT2D eigenvalue weighted by molar-refractivity contribution is -0.179. The Bertz CT molecular complexity index is 1150. The Hall–Kier alpha value is -2.37. The van der Waals surface area contributed by atoms with Crippen molar-refractivity contribution in [2.75, 3.05) is 6.61 Å². The van der Waals surface area contributed by atoms with Gasteiger partial charge in [-0.1, -0.05) is 18.2 Å². The molecule has 3 heterocycles. The van der Waals surface area contributed by atoms with Crippen molar-refractivity contribution in [2.45, 2.75) is 38.1 Å². The van der Waals surface area contributed by atoms with Crippen LogP contribution >= 0.6 is 7.82 Å². The highest BCUT2D eigenvalue weighted by molar-refractivity contribution is 7.49. The summed E-state index contributed by atoms with van der Waals surface area (Å²) >= 11 is 0. The van der Waals surface area contributed by atoms with Crippen LogP contribution in [0.15, 0.2) is 34.0 Å². The number of nitrogens with zero attached hydrogens (tertiary/aromatic N) is 1. The minimum Gasteiger partial charge on any atom is -0.403 e. The number of phosphoric ester groups is 1. The molecule has 4 rings (SSSR count). The number of alkyl halides is 1. The highest BCUT2D eigenvalue weighted by Crippen LogP contribution is 2.56. The zero-order valence-electron chi connectivity index (χ0n) is 15.5. The quantitative estimate of drug-likeness (QED) is 0.679. The van der Waals surface area contributed by atoms with Crippen molar-refractivity contribution in [3.8, 4) is 5.75 Å². The first kappa shape index (κ1) is 20.9. The van der Waals surface area contributed by atoms with Gasteiger partial charge in [0.15, 0.2) is 6.23 Å². The molecular formula is C17H17F2N2O8P. The van der Waals surface area contributed by atoms with Crippen molar-refractivity contribution in [2.24, 2.45) is 0 Å². The molecule has 0 bridgehead atoms. The summed E-state index contributed by atoms with van der Waals surface area (Å²) in [4.78, 5) is 24.7. The van der Waals surface area contributed by atoms with E-state index in [9.17, 15) is 23.7 Å². The fraction of sp³-hybridized carbons (Fsp3) is 0.412. The van der Waals surface area contributed by atoms with Gasteiger partial charge in [-0.25, -0.2) is 13.8 Å². The maximum atomic E-state index is 15.1. The number of aryl methyl sites for hydroxylation is 1. The number of aromatic nitrogens is 2. The summed E-state index contributed by atoms with van der Waals surface area (Å²) in [6.45, 7) is 0.693. The number of halogens is 2. The van der Waals surface area contributed by atoms with Gasteiger partial charge in [-0.05, 0) is 12.5 Å². The fourth-order valence-electron chi connectivity index (χ4n) is 3.22. The van der Waals surface area contributed by atoms with Crippen LogP contribution in [0.2, 0.25) is 0 Å². The first-order chi connectivity index (χ1) is 14.1. The summed E-state index contributed by atoms with van der Waals surface area (Å²) in [5.41, 5.74) is -1.04. The van der Waals surface area contributed by atoms with Gasteiger partial charge in [0.25, 0.3) is 5.56 Å². The van der Waals surface area contributed by atoms with Crippen LogP contribution in [0, 0.1) is 12.7 Å². The molecule has 0 saturated carbocycles. The number of para-hydroxylation sites is 1. The highest BCUT2D eigenvalue weighted by Gasteiger charge is 2.50. The second-order valence-electron chi connectivity index (χ2n) is 6.96. The number of aromatic amines is 1. The van der Waals surface area contributed by atoms with Crippen molar-refractivity contribution in [3.63, 3.8) is 0 Å². The van der Waals surface area contributed by atoms with E-state index in [1.807, 2.05) is 0 Å². The van der Waals surface area contributed by atoms with Crippen LogP contribution in [0.4, 0.5) is 8.78 Å². The molecule has 13 heteroatoms. The number of H-pyrrole nitrogens is 1. The van der Waals surface area contributed by atoms with E-state index in [4.69, 9.17) is 18.3 Å². The van der Waals surface area contributed by atoms with Gasteiger partial charge in [-0.15, -0.1) is 0 Å². The Morgan fingerprint density at radius 2 is 2.20 bits per heavy atom. The van der Waals surface area contributed by atoms with Crippen molar-refractivity contribution >= 4 is 7.82 Å². The average Bonchev–Trinajstić information content (AvgIpc) is 2.99. The normalized spacial score (nSPS) is 30.7. The van der Waals surface area contributed by atoms with Crippen LogP contribution in [0.25, 0.3) is 0 Å². The summed E-state index contributed by atoms with van der Waals surface area (Å²) in [6, 6.07) is 5.21. The summed E-state index contributed by atoms with van der Waals surface area (Å²) in [5, 5.41) is 10.1. The average molecular weight is 446 g/mol. The van der Waals surface area contributed by atoms with Gasteiger partial charge in [0.2, 0.25) is 11.7 Å². The first-order valence-electron chi connectivity index (χ1n) is 8.82. The number of fused-ring (bicyclic) bond motifs is 1. The minimum atomic E-state index is -4.18. The molecule has 2 aliphatic heterocycles. The number of nitrogens with one attached hydrogen (secondary N) is 1. The number of phosphoric acid groups is 1. The smallest absolute Gasteiger partial charge is 0.403 e. The molecule has 0 aliphatic carbocycles. The van der Waals surface area contributed by atoms with Crippen LogP contribution in [0.3, 0.4) is 0 Å². The second-order valence-corrected chi connectivity index (χ2v) is 8.55. The van der Waals surface area contributed by atoms with E-state index in [0.29, 0.717) is 27.6 Å². The van der Waals surface area contributed by atoms with E-state index in [1.54, 1.807) is 30.1 Å². The van der Waals surface area contributed by atoms with Gasteiger partial charge in [0.05, 0.1) is 12.8 Å². The first-order valence-corrected chi connectivity index (χ1v) is 10.3. The zero-order chi connectivity index (χ0) is 21.7. The van der Waals surface area contributed by atoms with Crippen molar-refractivity contribution in [1.82, 2.24) is 9.55 Å². The molecule has 2 aliphatic rings. The van der Waals surface area contributed by atoms with Crippen LogP contribution in [0.1, 0.15) is 23.8 Å². The van der Waals surface area contributed by atoms with E-state index in [-0.39, 0.29) is 6.61 Å². The Balaban J connectivity index is 1.49. The SMILES string of the molecule is Cc1cccc2c1OP(=O)(OC[C@]1(F)C[C@@H](O)[C@H](n3cc(F)c(=O)[nH]c3=O)O1)OC2. The van der Waals surface area contributed by atoms with Gasteiger partial charge < -0.3 is 14.4 Å². The molecule has 30 heavy (non-hydrogen) atoms. The number of aliphatic hydroxyl groups excluding tert-OH is 1. The Labute approximate surface area is 167 Å². The number of hydrogen-bond acceptors (Lipinski definition) is 8. The fourth-order valence-corrected chi connectivity index (χ4v) is 4.54. The van der Waals surface area contributed by atoms with E-state index < -0.39 is 56.1 Å². The van der Waals surface area contributed by atoms with Gasteiger partial charge in [0.1, 0.15) is 18.5 Å². The molecule has 0 amide bonds. The Kier molecular flexibility index (Phi) is 5.15. The minimum absolute atomic E-state index is 0.0776.